The molecule has 6 heteroatoms. The van der Waals surface area contributed by atoms with E-state index in [0.29, 0.717) is 11.6 Å². The Hall–Kier alpha value is -2.53. The van der Waals surface area contributed by atoms with E-state index in [0.717, 1.165) is 35.6 Å². The summed E-state index contributed by atoms with van der Waals surface area (Å²) in [5.74, 6) is 0.982. The molecule has 0 aromatic heterocycles. The van der Waals surface area contributed by atoms with Crippen LogP contribution in [0.3, 0.4) is 0 Å². The number of anilines is 1. The summed E-state index contributed by atoms with van der Waals surface area (Å²) >= 11 is 6.09. The lowest BCUT2D eigenvalue weighted by Crippen LogP contribution is -2.30. The molecule has 1 aliphatic rings. The van der Waals surface area contributed by atoms with Crippen molar-refractivity contribution in [3.63, 3.8) is 0 Å². The van der Waals surface area contributed by atoms with Gasteiger partial charge in [0.15, 0.2) is 0 Å². The van der Waals surface area contributed by atoms with Gasteiger partial charge >= 0.3 is 6.03 Å². The fraction of sp³-hybridized carbons (Fsp3) is 0.481. The molecule has 1 heterocycles. The molecule has 33 heavy (non-hydrogen) atoms. The highest BCUT2D eigenvalue weighted by Gasteiger charge is 2.30. The number of nitrogens with one attached hydrogen (secondary N) is 1. The first kappa shape index (κ1) is 25.1. The fourth-order valence-corrected chi connectivity index (χ4v) is 4.33. The second-order valence-electron chi connectivity index (χ2n) is 8.69. The van der Waals surface area contributed by atoms with Gasteiger partial charge in [-0.2, -0.15) is 5.10 Å². The zero-order valence-electron chi connectivity index (χ0n) is 19.9. The zero-order valence-corrected chi connectivity index (χ0v) is 20.6. The average molecular weight is 470 g/mol. The number of halogens is 1. The van der Waals surface area contributed by atoms with Gasteiger partial charge in [-0.1, -0.05) is 82.0 Å². The third-order valence-electron chi connectivity index (χ3n) is 6.13. The molecular formula is C27H36ClN3O2. The maximum atomic E-state index is 12.9. The number of urea groups is 1. The smallest absolute Gasteiger partial charge is 0.342 e. The predicted octanol–water partition coefficient (Wildman–Crippen LogP) is 7.75. The minimum Gasteiger partial charge on any atom is -0.497 e. The summed E-state index contributed by atoms with van der Waals surface area (Å²) in [7, 11) is 1.62. The molecule has 0 saturated heterocycles. The summed E-state index contributed by atoms with van der Waals surface area (Å²) in [6, 6.07) is 14.8. The predicted molar refractivity (Wildman–Crippen MR) is 137 cm³/mol. The number of ether oxygens (including phenoxy) is 1. The molecule has 0 bridgehead atoms. The van der Waals surface area contributed by atoms with Crippen molar-refractivity contribution < 1.29 is 9.53 Å². The normalized spacial score (nSPS) is 15.4. The standard InChI is InChI=1S/C27H36ClN3O2/c1-3-4-5-6-7-8-9-10-11-22-20-31(30-26(22)21-12-14-23(28)15-13-21)27(32)29-24-16-18-25(33-2)19-17-24/h12-19,22H,3-11,20H2,1-2H3,(H,29,32). The molecule has 178 valence electrons. The minimum atomic E-state index is -0.218. The zero-order chi connectivity index (χ0) is 23.5. The first-order valence-corrected chi connectivity index (χ1v) is 12.6. The van der Waals surface area contributed by atoms with Crippen LogP contribution in [0.2, 0.25) is 5.02 Å². The number of carbonyl (C=O) groups excluding carboxylic acids is 1. The number of benzene rings is 2. The van der Waals surface area contributed by atoms with Gasteiger partial charge in [-0.25, -0.2) is 9.80 Å². The molecule has 2 aromatic carbocycles. The van der Waals surface area contributed by atoms with Crippen molar-refractivity contribution in [3.05, 3.63) is 59.1 Å². The van der Waals surface area contributed by atoms with Gasteiger partial charge in [0.25, 0.3) is 0 Å². The van der Waals surface area contributed by atoms with Gasteiger partial charge in [-0.15, -0.1) is 0 Å². The number of hydrogen-bond acceptors (Lipinski definition) is 3. The van der Waals surface area contributed by atoms with Gasteiger partial charge in [0, 0.05) is 16.6 Å². The summed E-state index contributed by atoms with van der Waals surface area (Å²) in [4.78, 5) is 12.9. The van der Waals surface area contributed by atoms with Crippen molar-refractivity contribution >= 4 is 29.0 Å². The Morgan fingerprint density at radius 3 is 2.27 bits per heavy atom. The number of hydrazone groups is 1. The Kier molecular flexibility index (Phi) is 10.1. The van der Waals surface area contributed by atoms with E-state index in [1.165, 1.54) is 44.9 Å². The number of hydrogen-bond donors (Lipinski definition) is 1. The molecule has 1 N–H and O–H groups in total. The molecule has 0 saturated carbocycles. The molecular weight excluding hydrogens is 434 g/mol. The fourth-order valence-electron chi connectivity index (χ4n) is 4.21. The molecule has 1 atom stereocenters. The van der Waals surface area contributed by atoms with Crippen LogP contribution in [-0.4, -0.2) is 30.4 Å². The van der Waals surface area contributed by atoms with Crippen LogP contribution >= 0.6 is 11.6 Å². The first-order chi connectivity index (χ1) is 16.1. The number of methoxy groups -OCH3 is 1. The van der Waals surface area contributed by atoms with Gasteiger partial charge in [0.05, 0.1) is 19.4 Å². The number of amides is 2. The highest BCUT2D eigenvalue weighted by Crippen LogP contribution is 2.26. The number of carbonyl (C=O) groups is 1. The van der Waals surface area contributed by atoms with Crippen LogP contribution in [0.1, 0.15) is 70.3 Å². The van der Waals surface area contributed by atoms with E-state index in [-0.39, 0.29) is 11.9 Å². The van der Waals surface area contributed by atoms with Gasteiger partial charge in [-0.3, -0.25) is 0 Å². The van der Waals surface area contributed by atoms with Gasteiger partial charge in [0.2, 0.25) is 0 Å². The summed E-state index contributed by atoms with van der Waals surface area (Å²) < 4.78 is 5.18. The van der Waals surface area contributed by atoms with E-state index in [2.05, 4.69) is 12.2 Å². The van der Waals surface area contributed by atoms with E-state index < -0.39 is 0 Å². The van der Waals surface area contributed by atoms with Crippen LogP contribution in [0.5, 0.6) is 5.75 Å². The topological polar surface area (TPSA) is 53.9 Å². The molecule has 2 aromatic rings. The monoisotopic (exact) mass is 469 g/mol. The molecule has 5 nitrogen and oxygen atoms in total. The second-order valence-corrected chi connectivity index (χ2v) is 9.13. The van der Waals surface area contributed by atoms with Crippen molar-refractivity contribution in [2.24, 2.45) is 11.0 Å². The summed E-state index contributed by atoms with van der Waals surface area (Å²) in [6.07, 6.45) is 11.3. The average Bonchev–Trinajstić information content (AvgIpc) is 3.26. The summed E-state index contributed by atoms with van der Waals surface area (Å²) in [6.45, 7) is 2.85. The van der Waals surface area contributed by atoms with Crippen molar-refractivity contribution in [1.29, 1.82) is 0 Å². The van der Waals surface area contributed by atoms with E-state index >= 15 is 0 Å². The van der Waals surface area contributed by atoms with Crippen molar-refractivity contribution in [3.8, 4) is 5.75 Å². The van der Waals surface area contributed by atoms with E-state index in [1.54, 1.807) is 12.1 Å². The minimum absolute atomic E-state index is 0.218. The van der Waals surface area contributed by atoms with Crippen molar-refractivity contribution in [1.82, 2.24) is 5.01 Å². The van der Waals surface area contributed by atoms with Crippen LogP contribution in [-0.2, 0) is 0 Å². The summed E-state index contributed by atoms with van der Waals surface area (Å²) in [5, 5.41) is 9.92. The Morgan fingerprint density at radius 2 is 1.64 bits per heavy atom. The van der Waals surface area contributed by atoms with Crippen molar-refractivity contribution in [2.45, 2.75) is 64.7 Å². The lowest BCUT2D eigenvalue weighted by molar-refractivity contribution is 0.215. The molecule has 1 unspecified atom stereocenters. The third-order valence-corrected chi connectivity index (χ3v) is 6.38. The molecule has 0 aliphatic carbocycles. The van der Waals surface area contributed by atoms with Crippen LogP contribution < -0.4 is 10.1 Å². The Morgan fingerprint density at radius 1 is 1.00 bits per heavy atom. The quantitative estimate of drug-likeness (QED) is 0.323. The molecule has 0 spiro atoms. The summed E-state index contributed by atoms with van der Waals surface area (Å²) in [5.41, 5.74) is 2.72. The van der Waals surface area contributed by atoms with Gasteiger partial charge in [0.1, 0.15) is 5.75 Å². The first-order valence-electron chi connectivity index (χ1n) is 12.2. The van der Waals surface area contributed by atoms with Crippen LogP contribution in [0.15, 0.2) is 53.6 Å². The number of unbranched alkanes of at least 4 members (excludes halogenated alkanes) is 7. The second kappa shape index (κ2) is 13.2. The third kappa shape index (κ3) is 7.78. The lowest BCUT2D eigenvalue weighted by atomic mass is 9.92. The van der Waals surface area contributed by atoms with E-state index in [1.807, 2.05) is 48.5 Å². The number of nitrogens with zero attached hydrogens (tertiary/aromatic N) is 2. The molecule has 1 aliphatic heterocycles. The molecule has 0 radical (unpaired) electrons. The highest BCUT2D eigenvalue weighted by atomic mass is 35.5. The highest BCUT2D eigenvalue weighted by molar-refractivity contribution is 6.30. The maximum absolute atomic E-state index is 12.9. The van der Waals surface area contributed by atoms with Gasteiger partial charge < -0.3 is 10.1 Å². The Bertz CT molecular complexity index is 897. The van der Waals surface area contributed by atoms with Crippen LogP contribution in [0, 0.1) is 5.92 Å². The van der Waals surface area contributed by atoms with Crippen molar-refractivity contribution in [2.75, 3.05) is 19.0 Å². The largest absolute Gasteiger partial charge is 0.497 e. The Balaban J connectivity index is 1.58. The van der Waals surface area contributed by atoms with Crippen LogP contribution in [0.4, 0.5) is 10.5 Å². The SMILES string of the molecule is CCCCCCCCCCC1CN(C(=O)Nc2ccc(OC)cc2)N=C1c1ccc(Cl)cc1. The molecule has 0 fully saturated rings. The number of rotatable bonds is 12. The lowest BCUT2D eigenvalue weighted by Gasteiger charge is -2.16. The van der Waals surface area contributed by atoms with Crippen LogP contribution in [0.25, 0.3) is 0 Å². The van der Waals surface area contributed by atoms with E-state index in [4.69, 9.17) is 21.4 Å². The van der Waals surface area contributed by atoms with E-state index in [9.17, 15) is 4.79 Å². The Labute approximate surface area is 203 Å². The van der Waals surface area contributed by atoms with Gasteiger partial charge in [-0.05, 0) is 48.4 Å². The molecule has 2 amide bonds. The maximum Gasteiger partial charge on any atom is 0.342 e. The molecule has 3 rings (SSSR count).